The van der Waals surface area contributed by atoms with Gasteiger partial charge in [0.1, 0.15) is 22.6 Å². The molecule has 0 saturated heterocycles. The highest BCUT2D eigenvalue weighted by molar-refractivity contribution is 6.29. The number of aromatic nitrogens is 2. The van der Waals surface area contributed by atoms with E-state index in [2.05, 4.69) is 15.3 Å². The van der Waals surface area contributed by atoms with Crippen molar-refractivity contribution in [1.82, 2.24) is 9.97 Å². The molecule has 0 aliphatic rings. The molecular formula is C12H11ClFN3. The Morgan fingerprint density at radius 2 is 2.06 bits per heavy atom. The van der Waals surface area contributed by atoms with Crippen molar-refractivity contribution in [2.45, 2.75) is 13.5 Å². The van der Waals surface area contributed by atoms with Gasteiger partial charge in [-0.15, -0.1) is 0 Å². The number of nitrogens with one attached hydrogen (secondary N) is 1. The Hall–Kier alpha value is -1.68. The minimum atomic E-state index is -0.239. The van der Waals surface area contributed by atoms with E-state index >= 15 is 0 Å². The molecule has 3 nitrogen and oxygen atoms in total. The average Bonchev–Trinajstić information content (AvgIpc) is 2.27. The van der Waals surface area contributed by atoms with Crippen LogP contribution in [0, 0.1) is 12.7 Å². The first-order valence-electron chi connectivity index (χ1n) is 5.13. The second-order valence-electron chi connectivity index (χ2n) is 3.57. The third-order valence-electron chi connectivity index (χ3n) is 2.22. The molecule has 1 N–H and O–H groups in total. The highest BCUT2D eigenvalue weighted by Gasteiger charge is 2.02. The van der Waals surface area contributed by atoms with E-state index in [1.54, 1.807) is 31.2 Å². The number of hydrogen-bond donors (Lipinski definition) is 1. The van der Waals surface area contributed by atoms with Crippen LogP contribution in [0.4, 0.5) is 10.2 Å². The van der Waals surface area contributed by atoms with Gasteiger partial charge in [0.05, 0.1) is 0 Å². The van der Waals surface area contributed by atoms with E-state index in [0.29, 0.717) is 28.9 Å². The molecule has 1 aromatic carbocycles. The predicted octanol–water partition coefficient (Wildman–Crippen LogP) is 3.19. The number of halogens is 2. The summed E-state index contributed by atoms with van der Waals surface area (Å²) >= 11 is 5.80. The minimum Gasteiger partial charge on any atom is -0.366 e. The number of nitrogens with zero attached hydrogens (tertiary/aromatic N) is 2. The van der Waals surface area contributed by atoms with Crippen molar-refractivity contribution in [2.75, 3.05) is 5.32 Å². The number of rotatable bonds is 3. The van der Waals surface area contributed by atoms with Crippen LogP contribution in [0.15, 0.2) is 30.3 Å². The monoisotopic (exact) mass is 251 g/mol. The zero-order valence-electron chi connectivity index (χ0n) is 9.24. The smallest absolute Gasteiger partial charge is 0.134 e. The third-order valence-corrected chi connectivity index (χ3v) is 2.42. The van der Waals surface area contributed by atoms with Gasteiger partial charge >= 0.3 is 0 Å². The largest absolute Gasteiger partial charge is 0.366 e. The van der Waals surface area contributed by atoms with Gasteiger partial charge in [-0.2, -0.15) is 0 Å². The predicted molar refractivity (Wildman–Crippen MR) is 65.5 cm³/mol. The number of aryl methyl sites for hydroxylation is 1. The zero-order valence-corrected chi connectivity index (χ0v) is 10.0. The van der Waals surface area contributed by atoms with Gasteiger partial charge in [0.2, 0.25) is 0 Å². The van der Waals surface area contributed by atoms with Crippen molar-refractivity contribution in [3.8, 4) is 0 Å². The fourth-order valence-electron chi connectivity index (χ4n) is 1.45. The fraction of sp³-hybridized carbons (Fsp3) is 0.167. The first kappa shape index (κ1) is 11.8. The summed E-state index contributed by atoms with van der Waals surface area (Å²) in [5.41, 5.74) is 0.583. The molecule has 0 atom stereocenters. The summed E-state index contributed by atoms with van der Waals surface area (Å²) < 4.78 is 13.4. The summed E-state index contributed by atoms with van der Waals surface area (Å²) in [7, 11) is 0. The molecule has 0 spiro atoms. The van der Waals surface area contributed by atoms with Crippen molar-refractivity contribution < 1.29 is 4.39 Å². The Balaban J connectivity index is 2.10. The van der Waals surface area contributed by atoms with Gasteiger partial charge in [-0.25, -0.2) is 14.4 Å². The Morgan fingerprint density at radius 1 is 1.29 bits per heavy atom. The molecule has 0 unspecified atom stereocenters. The van der Waals surface area contributed by atoms with Crippen LogP contribution in [0.3, 0.4) is 0 Å². The van der Waals surface area contributed by atoms with Crippen molar-refractivity contribution in [3.63, 3.8) is 0 Å². The van der Waals surface area contributed by atoms with Gasteiger partial charge in [-0.1, -0.05) is 29.8 Å². The number of hydrogen-bond acceptors (Lipinski definition) is 3. The number of anilines is 1. The summed E-state index contributed by atoms with van der Waals surface area (Å²) in [4.78, 5) is 8.10. The topological polar surface area (TPSA) is 37.8 Å². The molecular weight excluding hydrogens is 241 g/mol. The third kappa shape index (κ3) is 3.14. The lowest BCUT2D eigenvalue weighted by atomic mass is 10.2. The lowest BCUT2D eigenvalue weighted by Gasteiger charge is -2.07. The molecule has 0 fully saturated rings. The summed E-state index contributed by atoms with van der Waals surface area (Å²) in [6, 6.07) is 8.20. The normalized spacial score (nSPS) is 10.3. The van der Waals surface area contributed by atoms with E-state index in [-0.39, 0.29) is 5.82 Å². The Morgan fingerprint density at radius 3 is 2.76 bits per heavy atom. The highest BCUT2D eigenvalue weighted by atomic mass is 35.5. The van der Waals surface area contributed by atoms with Crippen LogP contribution in [0.5, 0.6) is 0 Å². The molecule has 17 heavy (non-hydrogen) atoms. The summed E-state index contributed by atoms with van der Waals surface area (Å²) in [6.07, 6.45) is 0. The van der Waals surface area contributed by atoms with Gasteiger partial charge in [0.25, 0.3) is 0 Å². The summed E-state index contributed by atoms with van der Waals surface area (Å²) in [6.45, 7) is 2.11. The molecule has 0 aliphatic carbocycles. The van der Waals surface area contributed by atoms with E-state index in [1.807, 2.05) is 0 Å². The van der Waals surface area contributed by atoms with E-state index in [0.717, 1.165) is 0 Å². The molecule has 0 amide bonds. The van der Waals surface area contributed by atoms with Crippen molar-refractivity contribution in [3.05, 3.63) is 52.7 Å². The maximum Gasteiger partial charge on any atom is 0.134 e. The maximum absolute atomic E-state index is 13.4. The van der Waals surface area contributed by atoms with E-state index in [9.17, 15) is 4.39 Å². The quantitative estimate of drug-likeness (QED) is 0.852. The van der Waals surface area contributed by atoms with Crippen molar-refractivity contribution >= 4 is 17.4 Å². The molecule has 2 rings (SSSR count). The lowest BCUT2D eigenvalue weighted by Crippen LogP contribution is -2.04. The number of benzene rings is 1. The lowest BCUT2D eigenvalue weighted by molar-refractivity contribution is 0.613. The van der Waals surface area contributed by atoms with Crippen LogP contribution >= 0.6 is 11.6 Å². The van der Waals surface area contributed by atoms with Gasteiger partial charge < -0.3 is 5.32 Å². The fourth-order valence-corrected chi connectivity index (χ4v) is 1.68. The Labute approximate surface area is 104 Å². The van der Waals surface area contributed by atoms with Crippen molar-refractivity contribution in [1.29, 1.82) is 0 Å². The van der Waals surface area contributed by atoms with Crippen molar-refractivity contribution in [2.24, 2.45) is 0 Å². The maximum atomic E-state index is 13.4. The van der Waals surface area contributed by atoms with Gasteiger partial charge in [0, 0.05) is 18.2 Å². The van der Waals surface area contributed by atoms with E-state index < -0.39 is 0 Å². The molecule has 0 saturated carbocycles. The second kappa shape index (κ2) is 5.10. The summed E-state index contributed by atoms with van der Waals surface area (Å²) in [5, 5.41) is 3.38. The van der Waals surface area contributed by atoms with E-state index in [1.165, 1.54) is 6.07 Å². The van der Waals surface area contributed by atoms with Crippen LogP contribution in [-0.2, 0) is 6.54 Å². The molecule has 0 aliphatic heterocycles. The Bertz CT molecular complexity index is 511. The van der Waals surface area contributed by atoms with Crippen LogP contribution in [-0.4, -0.2) is 9.97 Å². The van der Waals surface area contributed by atoms with Gasteiger partial charge in [0.15, 0.2) is 0 Å². The van der Waals surface area contributed by atoms with Gasteiger partial charge in [-0.3, -0.25) is 0 Å². The molecule has 0 bridgehead atoms. The molecule has 0 radical (unpaired) electrons. The van der Waals surface area contributed by atoms with Crippen LogP contribution in [0.25, 0.3) is 0 Å². The van der Waals surface area contributed by atoms with Crippen LogP contribution < -0.4 is 5.32 Å². The zero-order chi connectivity index (χ0) is 12.3. The van der Waals surface area contributed by atoms with Crippen LogP contribution in [0.1, 0.15) is 11.4 Å². The molecule has 88 valence electrons. The van der Waals surface area contributed by atoms with E-state index in [4.69, 9.17) is 11.6 Å². The summed E-state index contributed by atoms with van der Waals surface area (Å²) in [5.74, 6) is 0.927. The highest BCUT2D eigenvalue weighted by Crippen LogP contribution is 2.13. The first-order valence-corrected chi connectivity index (χ1v) is 5.51. The molecule has 1 aromatic heterocycles. The Kier molecular flexibility index (Phi) is 3.54. The average molecular weight is 252 g/mol. The molecule has 5 heteroatoms. The second-order valence-corrected chi connectivity index (χ2v) is 3.96. The first-order chi connectivity index (χ1) is 8.15. The SMILES string of the molecule is Cc1nc(Cl)cc(NCc2ccccc2F)n1. The van der Waals surface area contributed by atoms with Gasteiger partial charge in [-0.05, 0) is 13.0 Å². The molecule has 2 aromatic rings. The minimum absolute atomic E-state index is 0.239. The molecule has 1 heterocycles. The standard InChI is InChI=1S/C12H11ClFN3/c1-8-16-11(13)6-12(17-8)15-7-9-4-2-3-5-10(9)14/h2-6H,7H2,1H3,(H,15,16,17). The van der Waals surface area contributed by atoms with Crippen LogP contribution in [0.2, 0.25) is 5.15 Å².